The SMILES string of the molecule is C[C-](F)C(C)(C)OC(C)(F)[C-](C)F.[Y]. The smallest absolute Gasteiger partial charge is 0.112 e. The first-order valence-electron chi connectivity index (χ1n) is 3.98. The predicted molar refractivity (Wildman–Crippen MR) is 44.7 cm³/mol. The van der Waals surface area contributed by atoms with Gasteiger partial charge >= 0.3 is 0 Å². The van der Waals surface area contributed by atoms with Crippen LogP contribution in [-0.4, -0.2) is 11.5 Å². The van der Waals surface area contributed by atoms with E-state index in [1.165, 1.54) is 13.8 Å². The molecule has 0 aromatic rings. The predicted octanol–water partition coefficient (Wildman–Crippen LogP) is 3.51. The van der Waals surface area contributed by atoms with Crippen molar-refractivity contribution in [1.29, 1.82) is 0 Å². The molecular weight excluding hydrogens is 270 g/mol. The maximum atomic E-state index is 13.3. The van der Waals surface area contributed by atoms with Crippen LogP contribution in [0.25, 0.3) is 0 Å². The van der Waals surface area contributed by atoms with Crippen LogP contribution in [0.15, 0.2) is 0 Å². The number of hydrogen-bond donors (Lipinski definition) is 0. The summed E-state index contributed by atoms with van der Waals surface area (Å²) in [5.41, 5.74) is -1.42. The van der Waals surface area contributed by atoms with Crippen molar-refractivity contribution >= 4 is 0 Å². The molecular formula is C9H15F3OY-2. The molecule has 0 spiro atoms. The van der Waals surface area contributed by atoms with Gasteiger partial charge in [0.15, 0.2) is 0 Å². The Balaban J connectivity index is 0. The molecule has 0 aromatic heterocycles. The quantitative estimate of drug-likeness (QED) is 0.718. The standard InChI is InChI=1S/C9H15F3O.Y/c1-6(10)8(3,4)13-9(5,12)7(2)11;/h1-5H3;/q-2;. The van der Waals surface area contributed by atoms with E-state index in [1.54, 1.807) is 0 Å². The maximum absolute atomic E-state index is 13.3. The normalized spacial score (nSPS) is 16.7. The fourth-order valence-corrected chi connectivity index (χ4v) is 0.620. The van der Waals surface area contributed by atoms with Crippen LogP contribution >= 0.6 is 0 Å². The van der Waals surface area contributed by atoms with Crippen molar-refractivity contribution in [3.8, 4) is 0 Å². The van der Waals surface area contributed by atoms with Gasteiger partial charge in [-0.25, -0.2) is 4.39 Å². The molecule has 0 aromatic carbocycles. The van der Waals surface area contributed by atoms with Crippen molar-refractivity contribution in [2.24, 2.45) is 0 Å². The van der Waals surface area contributed by atoms with Crippen LogP contribution in [0.3, 0.4) is 0 Å². The minimum atomic E-state index is -2.54. The van der Waals surface area contributed by atoms with Gasteiger partial charge in [-0.1, -0.05) is 20.0 Å². The number of ether oxygens (including phenoxy) is 1. The molecule has 1 unspecified atom stereocenters. The fourth-order valence-electron chi connectivity index (χ4n) is 0.620. The second-order valence-corrected chi connectivity index (χ2v) is 3.60. The minimum absolute atomic E-state index is 0. The summed E-state index contributed by atoms with van der Waals surface area (Å²) in [6, 6.07) is 0. The van der Waals surface area contributed by atoms with E-state index in [9.17, 15) is 13.2 Å². The number of hydrogen-bond acceptors (Lipinski definition) is 1. The molecule has 0 amide bonds. The Labute approximate surface area is 109 Å². The third-order valence-corrected chi connectivity index (χ3v) is 1.89. The Hall–Kier alpha value is 0.854. The minimum Gasteiger partial charge on any atom is -0.454 e. The molecule has 0 N–H and O–H groups in total. The molecule has 0 aliphatic rings. The first-order valence-corrected chi connectivity index (χ1v) is 3.98. The summed E-state index contributed by atoms with van der Waals surface area (Å²) < 4.78 is 43.2. The molecule has 1 atom stereocenters. The summed E-state index contributed by atoms with van der Waals surface area (Å²) in [7, 11) is 0. The first-order chi connectivity index (χ1) is 5.59. The van der Waals surface area contributed by atoms with E-state index in [-0.39, 0.29) is 32.7 Å². The zero-order chi connectivity index (χ0) is 10.9. The van der Waals surface area contributed by atoms with Crippen LogP contribution in [0.5, 0.6) is 0 Å². The summed E-state index contributed by atoms with van der Waals surface area (Å²) in [4.78, 5) is 0. The van der Waals surface area contributed by atoms with Gasteiger partial charge in [-0.05, 0) is 12.5 Å². The van der Waals surface area contributed by atoms with Crippen molar-refractivity contribution in [3.63, 3.8) is 0 Å². The van der Waals surface area contributed by atoms with Crippen LogP contribution in [0, 0.1) is 12.3 Å². The molecule has 83 valence electrons. The van der Waals surface area contributed by atoms with Gasteiger partial charge < -0.3 is 13.5 Å². The van der Waals surface area contributed by atoms with Crippen molar-refractivity contribution in [2.75, 3.05) is 0 Å². The Morgan fingerprint density at radius 3 is 1.57 bits per heavy atom. The number of rotatable bonds is 4. The summed E-state index contributed by atoms with van der Waals surface area (Å²) in [6.45, 7) is 5.69. The van der Waals surface area contributed by atoms with Crippen molar-refractivity contribution in [3.05, 3.63) is 12.3 Å². The summed E-state index contributed by atoms with van der Waals surface area (Å²) >= 11 is 0. The Morgan fingerprint density at radius 2 is 1.36 bits per heavy atom. The summed E-state index contributed by atoms with van der Waals surface area (Å²) in [5, 5.41) is 0. The van der Waals surface area contributed by atoms with Gasteiger partial charge in [0, 0.05) is 32.7 Å². The molecule has 0 bridgehead atoms. The van der Waals surface area contributed by atoms with E-state index in [0.29, 0.717) is 0 Å². The Bertz CT molecular complexity index is 151. The van der Waals surface area contributed by atoms with Gasteiger partial charge in [0.25, 0.3) is 0 Å². The average Bonchev–Trinajstić information content (AvgIpc) is 1.83. The molecule has 0 aliphatic carbocycles. The molecule has 0 rings (SSSR count). The van der Waals surface area contributed by atoms with Gasteiger partial charge in [-0.15, -0.1) is 6.17 Å². The molecule has 1 nitrogen and oxygen atoms in total. The van der Waals surface area contributed by atoms with E-state index in [4.69, 9.17) is 0 Å². The van der Waals surface area contributed by atoms with Gasteiger partial charge in [-0.2, -0.15) is 13.8 Å². The van der Waals surface area contributed by atoms with Gasteiger partial charge in [0.1, 0.15) is 5.85 Å². The third kappa shape index (κ3) is 5.08. The zero-order valence-electron chi connectivity index (χ0n) is 9.12. The van der Waals surface area contributed by atoms with Crippen LogP contribution in [0.2, 0.25) is 0 Å². The number of alkyl halides is 1. The average molecular weight is 285 g/mol. The Morgan fingerprint density at radius 1 is 1.00 bits per heavy atom. The topological polar surface area (TPSA) is 9.23 Å². The molecule has 0 saturated carbocycles. The second kappa shape index (κ2) is 5.81. The third-order valence-electron chi connectivity index (χ3n) is 1.89. The van der Waals surface area contributed by atoms with Crippen molar-refractivity contribution < 1.29 is 50.6 Å². The van der Waals surface area contributed by atoms with Crippen LogP contribution in [0.1, 0.15) is 34.6 Å². The van der Waals surface area contributed by atoms with Gasteiger partial charge in [-0.3, -0.25) is 0 Å². The van der Waals surface area contributed by atoms with E-state index >= 15 is 0 Å². The van der Waals surface area contributed by atoms with E-state index in [1.807, 2.05) is 0 Å². The van der Waals surface area contributed by atoms with Crippen LogP contribution in [-0.2, 0) is 37.4 Å². The van der Waals surface area contributed by atoms with E-state index in [2.05, 4.69) is 4.74 Å². The second-order valence-electron chi connectivity index (χ2n) is 3.60. The molecule has 0 fully saturated rings. The van der Waals surface area contributed by atoms with Crippen LogP contribution in [0.4, 0.5) is 13.2 Å². The van der Waals surface area contributed by atoms with Crippen molar-refractivity contribution in [2.45, 2.75) is 46.1 Å². The van der Waals surface area contributed by atoms with E-state index < -0.39 is 23.8 Å². The summed E-state index contributed by atoms with van der Waals surface area (Å²) in [6.07, 6.45) is -1.63. The molecule has 1 radical (unpaired) electrons. The fraction of sp³-hybridized carbons (Fsp3) is 0.778. The molecule has 5 heteroatoms. The molecule has 0 heterocycles. The molecule has 0 aliphatic heterocycles. The van der Waals surface area contributed by atoms with Crippen LogP contribution < -0.4 is 0 Å². The maximum Gasteiger partial charge on any atom is 0.112 e. The zero-order valence-corrected chi connectivity index (χ0v) is 12.0. The Kier molecular flexibility index (Phi) is 7.16. The molecule has 14 heavy (non-hydrogen) atoms. The largest absolute Gasteiger partial charge is 0.454 e. The van der Waals surface area contributed by atoms with Gasteiger partial charge in [0.05, 0.1) is 0 Å². The van der Waals surface area contributed by atoms with E-state index in [0.717, 1.165) is 20.8 Å². The monoisotopic (exact) mass is 285 g/mol. The van der Waals surface area contributed by atoms with Crippen molar-refractivity contribution in [1.82, 2.24) is 0 Å². The molecule has 0 saturated heterocycles. The van der Waals surface area contributed by atoms with Gasteiger partial charge in [0.2, 0.25) is 0 Å². The summed E-state index contributed by atoms with van der Waals surface area (Å²) in [5.74, 6) is -2.54. The number of halogens is 3. The first kappa shape index (κ1) is 17.3.